The highest BCUT2D eigenvalue weighted by molar-refractivity contribution is 7.22. The summed E-state index contributed by atoms with van der Waals surface area (Å²) in [6.07, 6.45) is 0. The van der Waals surface area contributed by atoms with Gasteiger partial charge >= 0.3 is 0 Å². The van der Waals surface area contributed by atoms with Gasteiger partial charge < -0.3 is 10.2 Å². The Kier molecular flexibility index (Phi) is 5.02. The Morgan fingerprint density at radius 2 is 1.82 bits per heavy atom. The minimum atomic E-state index is -0.944. The minimum absolute atomic E-state index is 0.0113. The number of aryl methyl sites for hydroxylation is 3. The van der Waals surface area contributed by atoms with Crippen molar-refractivity contribution in [2.45, 2.75) is 26.8 Å². The van der Waals surface area contributed by atoms with E-state index in [1.807, 2.05) is 25.1 Å². The first-order valence-corrected chi connectivity index (χ1v) is 11.8. The SMILES string of the molecule is Cc1ccc2nc(N3C(=O)C(O)=C(C(=O)c4sc(C)nc4C)C3c3cccc(O)c3)sc2c1. The van der Waals surface area contributed by atoms with Crippen LogP contribution in [0, 0.1) is 20.8 Å². The number of aliphatic hydroxyl groups is 1. The van der Waals surface area contributed by atoms with Gasteiger partial charge in [0.15, 0.2) is 10.9 Å². The third kappa shape index (κ3) is 3.49. The van der Waals surface area contributed by atoms with E-state index in [1.54, 1.807) is 26.0 Å². The van der Waals surface area contributed by atoms with E-state index in [0.29, 0.717) is 26.3 Å². The molecule has 2 aromatic heterocycles. The third-order valence-corrected chi connectivity index (χ3v) is 7.58. The third-order valence-electron chi connectivity index (χ3n) is 5.49. The monoisotopic (exact) mass is 477 g/mol. The smallest absolute Gasteiger partial charge is 0.296 e. The molecule has 1 atom stereocenters. The van der Waals surface area contributed by atoms with Crippen LogP contribution in [0.5, 0.6) is 5.75 Å². The molecule has 0 fully saturated rings. The summed E-state index contributed by atoms with van der Waals surface area (Å²) in [7, 11) is 0. The van der Waals surface area contributed by atoms with Gasteiger partial charge in [0.05, 0.1) is 37.4 Å². The van der Waals surface area contributed by atoms with E-state index >= 15 is 0 Å². The molecule has 0 saturated carbocycles. The molecule has 2 aromatic carbocycles. The van der Waals surface area contributed by atoms with Crippen LogP contribution in [0.1, 0.15) is 37.5 Å². The van der Waals surface area contributed by atoms with E-state index < -0.39 is 23.5 Å². The zero-order valence-corrected chi connectivity index (χ0v) is 19.6. The first-order valence-electron chi connectivity index (χ1n) is 10.2. The molecule has 4 aromatic rings. The largest absolute Gasteiger partial charge is 0.508 e. The number of rotatable bonds is 4. The summed E-state index contributed by atoms with van der Waals surface area (Å²) < 4.78 is 0.889. The Morgan fingerprint density at radius 3 is 2.52 bits per heavy atom. The Labute approximate surface area is 197 Å². The lowest BCUT2D eigenvalue weighted by molar-refractivity contribution is -0.117. The molecule has 2 N–H and O–H groups in total. The van der Waals surface area contributed by atoms with Gasteiger partial charge in [0.25, 0.3) is 5.91 Å². The number of thiazole rings is 2. The summed E-state index contributed by atoms with van der Waals surface area (Å²) in [4.78, 5) is 37.5. The van der Waals surface area contributed by atoms with Crippen LogP contribution < -0.4 is 4.90 Å². The van der Waals surface area contributed by atoms with Crippen molar-refractivity contribution >= 4 is 49.7 Å². The zero-order valence-electron chi connectivity index (χ0n) is 18.0. The van der Waals surface area contributed by atoms with E-state index in [1.165, 1.54) is 39.7 Å². The average Bonchev–Trinajstić information content (AvgIpc) is 3.41. The Hall–Kier alpha value is -3.56. The number of aromatic nitrogens is 2. The van der Waals surface area contributed by atoms with Gasteiger partial charge in [0.2, 0.25) is 5.78 Å². The molecule has 1 unspecified atom stereocenters. The van der Waals surface area contributed by atoms with Crippen LogP contribution >= 0.6 is 22.7 Å². The summed E-state index contributed by atoms with van der Waals surface area (Å²) in [6, 6.07) is 11.2. The fourth-order valence-corrected chi connectivity index (χ4v) is 6.00. The number of aliphatic hydroxyl groups excluding tert-OH is 1. The van der Waals surface area contributed by atoms with Crippen LogP contribution in [0.4, 0.5) is 5.13 Å². The summed E-state index contributed by atoms with van der Waals surface area (Å²) >= 11 is 2.52. The molecule has 0 aliphatic carbocycles. The maximum Gasteiger partial charge on any atom is 0.296 e. The second-order valence-electron chi connectivity index (χ2n) is 7.88. The molecule has 166 valence electrons. The lowest BCUT2D eigenvalue weighted by Crippen LogP contribution is -2.30. The number of benzene rings is 2. The van der Waals surface area contributed by atoms with Crippen LogP contribution in [0.2, 0.25) is 0 Å². The summed E-state index contributed by atoms with van der Waals surface area (Å²) in [5.74, 6) is -1.80. The van der Waals surface area contributed by atoms with Gasteiger partial charge in [0.1, 0.15) is 5.75 Å². The van der Waals surface area contributed by atoms with E-state index in [9.17, 15) is 19.8 Å². The van der Waals surface area contributed by atoms with Gasteiger partial charge in [-0.25, -0.2) is 9.97 Å². The van der Waals surface area contributed by atoms with Crippen LogP contribution in [-0.4, -0.2) is 31.9 Å². The molecule has 1 aliphatic rings. The number of anilines is 1. The van der Waals surface area contributed by atoms with Gasteiger partial charge in [-0.15, -0.1) is 11.3 Å². The second-order valence-corrected chi connectivity index (χ2v) is 10.1. The lowest BCUT2D eigenvalue weighted by atomic mass is 9.95. The number of hydrogen-bond donors (Lipinski definition) is 2. The number of fused-ring (bicyclic) bond motifs is 1. The number of phenols is 1. The molecule has 0 saturated heterocycles. The fraction of sp³-hybridized carbons (Fsp3) is 0.167. The van der Waals surface area contributed by atoms with Gasteiger partial charge in [-0.2, -0.15) is 0 Å². The number of carbonyl (C=O) groups is 2. The van der Waals surface area contributed by atoms with Crippen molar-refractivity contribution in [3.8, 4) is 5.75 Å². The molecule has 7 nitrogen and oxygen atoms in total. The predicted octanol–water partition coefficient (Wildman–Crippen LogP) is 5.17. The Morgan fingerprint density at radius 1 is 1.03 bits per heavy atom. The number of amides is 1. The number of aromatic hydroxyl groups is 1. The van der Waals surface area contributed by atoms with Crippen molar-refractivity contribution in [2.24, 2.45) is 0 Å². The van der Waals surface area contributed by atoms with Crippen molar-refractivity contribution < 1.29 is 19.8 Å². The average molecular weight is 478 g/mol. The summed E-state index contributed by atoms with van der Waals surface area (Å²) in [5, 5.41) is 22.1. The van der Waals surface area contributed by atoms with Crippen LogP contribution in [0.25, 0.3) is 10.2 Å². The quantitative estimate of drug-likeness (QED) is 0.393. The Bertz CT molecular complexity index is 1480. The number of Topliss-reactive ketones (excluding diaryl/α,β-unsaturated/α-hetero) is 1. The molecule has 0 bridgehead atoms. The molecule has 1 amide bonds. The molecular formula is C24H19N3O4S2. The standard InChI is InChI=1S/C24H19N3O4S2/c1-11-7-8-16-17(9-11)33-24(26-16)27-19(14-5-4-6-15(28)10-14)18(21(30)23(27)31)20(29)22-12(2)25-13(3)32-22/h4-10,19,28,30H,1-3H3. The summed E-state index contributed by atoms with van der Waals surface area (Å²) in [5.41, 5.74) is 2.76. The van der Waals surface area contributed by atoms with Crippen LogP contribution in [-0.2, 0) is 4.79 Å². The molecule has 33 heavy (non-hydrogen) atoms. The van der Waals surface area contributed by atoms with Crippen molar-refractivity contribution in [3.05, 3.63) is 80.5 Å². The Balaban J connectivity index is 1.70. The topological polar surface area (TPSA) is 104 Å². The fourth-order valence-electron chi connectivity index (χ4n) is 4.03. The first-order chi connectivity index (χ1) is 15.7. The zero-order chi connectivity index (χ0) is 23.4. The van der Waals surface area contributed by atoms with Gasteiger partial charge in [-0.1, -0.05) is 29.5 Å². The maximum absolute atomic E-state index is 13.6. The van der Waals surface area contributed by atoms with E-state index in [0.717, 1.165) is 15.8 Å². The molecule has 9 heteroatoms. The van der Waals surface area contributed by atoms with Crippen LogP contribution in [0.15, 0.2) is 53.8 Å². The minimum Gasteiger partial charge on any atom is -0.508 e. The van der Waals surface area contributed by atoms with E-state index in [4.69, 9.17) is 0 Å². The van der Waals surface area contributed by atoms with Crippen molar-refractivity contribution in [1.29, 1.82) is 0 Å². The predicted molar refractivity (Wildman–Crippen MR) is 128 cm³/mol. The second kappa shape index (κ2) is 7.79. The van der Waals surface area contributed by atoms with Gasteiger partial charge in [-0.3, -0.25) is 14.5 Å². The molecule has 3 heterocycles. The normalized spacial score (nSPS) is 16.3. The number of carbonyl (C=O) groups excluding carboxylic acids is 2. The molecular weight excluding hydrogens is 458 g/mol. The summed E-state index contributed by atoms with van der Waals surface area (Å²) in [6.45, 7) is 5.49. The van der Waals surface area contributed by atoms with Crippen LogP contribution in [0.3, 0.4) is 0 Å². The molecule has 1 aliphatic heterocycles. The molecule has 0 radical (unpaired) electrons. The molecule has 0 spiro atoms. The lowest BCUT2D eigenvalue weighted by Gasteiger charge is -2.24. The first kappa shape index (κ1) is 21.3. The highest BCUT2D eigenvalue weighted by Crippen LogP contribution is 2.45. The van der Waals surface area contributed by atoms with Gasteiger partial charge in [-0.05, 0) is 56.2 Å². The maximum atomic E-state index is 13.6. The highest BCUT2D eigenvalue weighted by Gasteiger charge is 2.46. The van der Waals surface area contributed by atoms with Crippen molar-refractivity contribution in [3.63, 3.8) is 0 Å². The van der Waals surface area contributed by atoms with Crippen molar-refractivity contribution in [1.82, 2.24) is 9.97 Å². The number of hydrogen-bond acceptors (Lipinski definition) is 8. The highest BCUT2D eigenvalue weighted by atomic mass is 32.1. The van der Waals surface area contributed by atoms with E-state index in [2.05, 4.69) is 9.97 Å². The number of ketones is 1. The van der Waals surface area contributed by atoms with Crippen molar-refractivity contribution in [2.75, 3.05) is 4.90 Å². The van der Waals surface area contributed by atoms with Gasteiger partial charge in [0, 0.05) is 0 Å². The number of nitrogens with zero attached hydrogens (tertiary/aromatic N) is 3. The molecule has 5 rings (SSSR count). The van der Waals surface area contributed by atoms with E-state index in [-0.39, 0.29) is 11.3 Å². The number of phenolic OH excluding ortho intramolecular Hbond substituents is 1.